The van der Waals surface area contributed by atoms with Crippen molar-refractivity contribution >= 4 is 29.9 Å². The monoisotopic (exact) mass is 524 g/mol. The third-order valence-corrected chi connectivity index (χ3v) is 4.49. The Morgan fingerprint density at radius 1 is 1.10 bits per heavy atom. The molecule has 3 aromatic rings. The number of guanidine groups is 1. The number of unbranched alkanes of at least 4 members (excludes halogenated alkanes) is 1. The third kappa shape index (κ3) is 7.36. The summed E-state index contributed by atoms with van der Waals surface area (Å²) in [4.78, 5) is 8.69. The van der Waals surface area contributed by atoms with Crippen molar-refractivity contribution in [1.29, 1.82) is 0 Å². The van der Waals surface area contributed by atoms with E-state index in [1.54, 1.807) is 20.4 Å². The number of hydrogen-bond acceptors (Lipinski definition) is 5. The van der Waals surface area contributed by atoms with Gasteiger partial charge in [0.15, 0.2) is 11.7 Å². The van der Waals surface area contributed by atoms with Crippen molar-refractivity contribution in [3.05, 3.63) is 54.0 Å². The average molecular weight is 524 g/mol. The Bertz CT molecular complexity index is 877. The summed E-state index contributed by atoms with van der Waals surface area (Å²) in [6.07, 6.45) is 5.57. The SMILES string of the molecule is CN=C(NCCCCc1ccc(OC)cc1)NCCc1nc(-c2ccco2)n[nH]1.I. The third-order valence-electron chi connectivity index (χ3n) is 4.49. The maximum absolute atomic E-state index is 5.30. The number of methoxy groups -OCH3 is 1. The molecule has 3 rings (SSSR count). The van der Waals surface area contributed by atoms with E-state index in [9.17, 15) is 0 Å². The number of aliphatic imine (C=N–C) groups is 1. The van der Waals surface area contributed by atoms with E-state index in [4.69, 9.17) is 9.15 Å². The lowest BCUT2D eigenvalue weighted by Crippen LogP contribution is -2.38. The first kappa shape index (κ1) is 23.7. The summed E-state index contributed by atoms with van der Waals surface area (Å²) in [5.41, 5.74) is 1.33. The van der Waals surface area contributed by atoms with E-state index < -0.39 is 0 Å². The van der Waals surface area contributed by atoms with Crippen LogP contribution < -0.4 is 15.4 Å². The lowest BCUT2D eigenvalue weighted by molar-refractivity contribution is 0.414. The van der Waals surface area contributed by atoms with E-state index in [0.29, 0.717) is 24.6 Å². The molecular weight excluding hydrogens is 495 g/mol. The maximum atomic E-state index is 5.30. The van der Waals surface area contributed by atoms with E-state index in [-0.39, 0.29) is 24.0 Å². The van der Waals surface area contributed by atoms with Crippen molar-refractivity contribution in [2.45, 2.75) is 25.7 Å². The fourth-order valence-corrected chi connectivity index (χ4v) is 2.90. The zero-order valence-electron chi connectivity index (χ0n) is 17.4. The van der Waals surface area contributed by atoms with Crippen molar-refractivity contribution < 1.29 is 9.15 Å². The molecular formula is C21H29IN6O2. The maximum Gasteiger partial charge on any atom is 0.216 e. The molecule has 0 saturated carbocycles. The second-order valence-corrected chi connectivity index (χ2v) is 6.56. The molecule has 0 saturated heterocycles. The lowest BCUT2D eigenvalue weighted by atomic mass is 10.1. The first-order chi connectivity index (χ1) is 14.3. The molecule has 0 amide bonds. The van der Waals surface area contributed by atoms with Crippen molar-refractivity contribution in [2.24, 2.45) is 4.99 Å². The number of rotatable bonds is 10. The van der Waals surface area contributed by atoms with Gasteiger partial charge in [0, 0.05) is 26.6 Å². The Labute approximate surface area is 193 Å². The number of benzene rings is 1. The quantitative estimate of drug-likeness (QED) is 0.163. The van der Waals surface area contributed by atoms with Gasteiger partial charge in [-0.1, -0.05) is 12.1 Å². The zero-order valence-corrected chi connectivity index (χ0v) is 19.7. The Kier molecular flexibility index (Phi) is 10.2. The number of nitrogens with zero attached hydrogens (tertiary/aromatic N) is 3. The molecule has 1 aromatic carbocycles. The number of hydrogen-bond donors (Lipinski definition) is 3. The molecule has 2 aromatic heterocycles. The number of aromatic nitrogens is 3. The topological polar surface area (TPSA) is 100 Å². The predicted molar refractivity (Wildman–Crippen MR) is 129 cm³/mol. The average Bonchev–Trinajstić information content (AvgIpc) is 3.44. The standard InChI is InChI=1S/C21H28N6O2.HI/c1-22-21(23-13-4-3-6-16-8-10-17(28-2)11-9-16)24-14-12-19-25-20(27-26-19)18-7-5-15-29-18;/h5,7-11,15H,3-4,6,12-14H2,1-2H3,(H2,22,23,24)(H,25,26,27);1H. The van der Waals surface area contributed by atoms with Crippen LogP contribution in [0.4, 0.5) is 0 Å². The number of H-pyrrole nitrogens is 1. The number of nitrogens with one attached hydrogen (secondary N) is 3. The van der Waals surface area contributed by atoms with Crippen LogP contribution in [-0.4, -0.2) is 48.4 Å². The first-order valence-corrected chi connectivity index (χ1v) is 9.81. The highest BCUT2D eigenvalue weighted by molar-refractivity contribution is 14.0. The van der Waals surface area contributed by atoms with Crippen molar-refractivity contribution in [3.63, 3.8) is 0 Å². The molecule has 0 fully saturated rings. The van der Waals surface area contributed by atoms with Gasteiger partial charge < -0.3 is 19.8 Å². The molecule has 30 heavy (non-hydrogen) atoms. The van der Waals surface area contributed by atoms with Crippen LogP contribution in [0.15, 0.2) is 52.1 Å². The van der Waals surface area contributed by atoms with Crippen LogP contribution >= 0.6 is 24.0 Å². The van der Waals surface area contributed by atoms with Gasteiger partial charge in [-0.25, -0.2) is 4.98 Å². The van der Waals surface area contributed by atoms with Gasteiger partial charge in [0.05, 0.1) is 13.4 Å². The van der Waals surface area contributed by atoms with E-state index in [1.165, 1.54) is 5.56 Å². The minimum absolute atomic E-state index is 0. The van der Waals surface area contributed by atoms with Gasteiger partial charge in [-0.3, -0.25) is 10.1 Å². The van der Waals surface area contributed by atoms with Gasteiger partial charge in [-0.05, 0) is 49.1 Å². The highest BCUT2D eigenvalue weighted by Crippen LogP contribution is 2.14. The Morgan fingerprint density at radius 3 is 2.60 bits per heavy atom. The van der Waals surface area contributed by atoms with Crippen LogP contribution in [0.2, 0.25) is 0 Å². The minimum Gasteiger partial charge on any atom is -0.497 e. The van der Waals surface area contributed by atoms with Gasteiger partial charge >= 0.3 is 0 Å². The van der Waals surface area contributed by atoms with Crippen LogP contribution in [0.3, 0.4) is 0 Å². The second-order valence-electron chi connectivity index (χ2n) is 6.56. The second kappa shape index (κ2) is 12.9. The number of ether oxygens (including phenoxy) is 1. The molecule has 9 heteroatoms. The van der Waals surface area contributed by atoms with E-state index >= 15 is 0 Å². The molecule has 8 nitrogen and oxygen atoms in total. The Hall–Kier alpha value is -2.56. The van der Waals surface area contributed by atoms with Gasteiger partial charge in [0.1, 0.15) is 11.6 Å². The van der Waals surface area contributed by atoms with E-state index in [1.807, 2.05) is 24.3 Å². The van der Waals surface area contributed by atoms with Gasteiger partial charge in [0.25, 0.3) is 0 Å². The highest BCUT2D eigenvalue weighted by Gasteiger charge is 2.08. The summed E-state index contributed by atoms with van der Waals surface area (Å²) in [5.74, 6) is 3.73. The summed E-state index contributed by atoms with van der Waals surface area (Å²) in [7, 11) is 3.46. The molecule has 0 radical (unpaired) electrons. The van der Waals surface area contributed by atoms with Crippen LogP contribution in [0.25, 0.3) is 11.6 Å². The summed E-state index contributed by atoms with van der Waals surface area (Å²) >= 11 is 0. The molecule has 0 aliphatic carbocycles. The fraction of sp³-hybridized carbons (Fsp3) is 0.381. The highest BCUT2D eigenvalue weighted by atomic mass is 127. The van der Waals surface area contributed by atoms with Crippen LogP contribution in [-0.2, 0) is 12.8 Å². The van der Waals surface area contributed by atoms with E-state index in [2.05, 4.69) is 42.9 Å². The minimum atomic E-state index is 0. The van der Waals surface area contributed by atoms with Crippen LogP contribution in [0, 0.1) is 0 Å². The summed E-state index contributed by atoms with van der Waals surface area (Å²) in [6, 6.07) is 11.9. The van der Waals surface area contributed by atoms with Crippen molar-refractivity contribution in [3.8, 4) is 17.3 Å². The van der Waals surface area contributed by atoms with Crippen LogP contribution in [0.1, 0.15) is 24.2 Å². The molecule has 0 aliphatic rings. The van der Waals surface area contributed by atoms with Crippen molar-refractivity contribution in [2.75, 3.05) is 27.2 Å². The number of furan rings is 1. The summed E-state index contributed by atoms with van der Waals surface area (Å²) in [6.45, 7) is 1.58. The largest absolute Gasteiger partial charge is 0.497 e. The molecule has 3 N–H and O–H groups in total. The van der Waals surface area contributed by atoms with Crippen LogP contribution in [0.5, 0.6) is 5.75 Å². The summed E-state index contributed by atoms with van der Waals surface area (Å²) in [5, 5.41) is 13.8. The predicted octanol–water partition coefficient (Wildman–Crippen LogP) is 3.42. The lowest BCUT2D eigenvalue weighted by Gasteiger charge is -2.11. The number of aryl methyl sites for hydroxylation is 1. The molecule has 2 heterocycles. The first-order valence-electron chi connectivity index (χ1n) is 9.81. The molecule has 0 spiro atoms. The molecule has 162 valence electrons. The molecule has 0 bridgehead atoms. The fourth-order valence-electron chi connectivity index (χ4n) is 2.90. The van der Waals surface area contributed by atoms with Gasteiger partial charge in [0.2, 0.25) is 5.82 Å². The van der Waals surface area contributed by atoms with Gasteiger partial charge in [-0.15, -0.1) is 24.0 Å². The van der Waals surface area contributed by atoms with Crippen molar-refractivity contribution in [1.82, 2.24) is 25.8 Å². The zero-order chi connectivity index (χ0) is 20.3. The smallest absolute Gasteiger partial charge is 0.216 e. The van der Waals surface area contributed by atoms with Gasteiger partial charge in [-0.2, -0.15) is 5.10 Å². The Morgan fingerprint density at radius 2 is 1.90 bits per heavy atom. The normalized spacial score (nSPS) is 11.1. The Balaban J connectivity index is 0.00000320. The summed E-state index contributed by atoms with van der Waals surface area (Å²) < 4.78 is 10.5. The number of halogens is 1. The number of aromatic amines is 1. The molecule has 0 atom stereocenters. The molecule has 0 aliphatic heterocycles. The molecule has 0 unspecified atom stereocenters. The van der Waals surface area contributed by atoms with E-state index in [0.717, 1.165) is 43.3 Å².